The third kappa shape index (κ3) is 0.939. The predicted octanol–water partition coefficient (Wildman–Crippen LogP) is 1.44. The number of hydrogen-bond donors (Lipinski definition) is 1. The van der Waals surface area contributed by atoms with Crippen LogP contribution in [0.15, 0.2) is 12.3 Å². The largest absolute Gasteiger partial charge is 0.330 e. The van der Waals surface area contributed by atoms with E-state index in [1.54, 1.807) is 0 Å². The van der Waals surface area contributed by atoms with Crippen LogP contribution in [0, 0.1) is 5.41 Å². The van der Waals surface area contributed by atoms with Gasteiger partial charge in [0.2, 0.25) is 5.91 Å². The fraction of sp³-hybridized carbons (Fsp3) is 0.625. The SMILES string of the molecule is C=C1NC(=O)CC1(C)CC. The summed E-state index contributed by atoms with van der Waals surface area (Å²) in [6.45, 7) is 7.93. The summed E-state index contributed by atoms with van der Waals surface area (Å²) < 4.78 is 0. The number of carbonyl (C=O) groups is 1. The highest BCUT2D eigenvalue weighted by Crippen LogP contribution is 2.36. The van der Waals surface area contributed by atoms with Gasteiger partial charge >= 0.3 is 0 Å². The number of nitrogens with one attached hydrogen (secondary N) is 1. The van der Waals surface area contributed by atoms with Gasteiger partial charge in [-0.2, -0.15) is 0 Å². The van der Waals surface area contributed by atoms with E-state index >= 15 is 0 Å². The van der Waals surface area contributed by atoms with Crippen molar-refractivity contribution in [2.45, 2.75) is 26.7 Å². The van der Waals surface area contributed by atoms with Crippen LogP contribution < -0.4 is 5.32 Å². The Bertz CT molecular complexity index is 186. The van der Waals surface area contributed by atoms with Crippen molar-refractivity contribution in [2.75, 3.05) is 0 Å². The summed E-state index contributed by atoms with van der Waals surface area (Å²) in [4.78, 5) is 10.9. The van der Waals surface area contributed by atoms with Crippen LogP contribution in [0.4, 0.5) is 0 Å². The smallest absolute Gasteiger partial charge is 0.225 e. The van der Waals surface area contributed by atoms with Crippen molar-refractivity contribution < 1.29 is 4.79 Å². The highest BCUT2D eigenvalue weighted by atomic mass is 16.1. The monoisotopic (exact) mass is 139 g/mol. The topological polar surface area (TPSA) is 29.1 Å². The molecule has 0 aromatic rings. The molecule has 1 heterocycles. The summed E-state index contributed by atoms with van der Waals surface area (Å²) in [5, 5.41) is 2.72. The number of allylic oxidation sites excluding steroid dienone is 1. The average Bonchev–Trinajstić information content (AvgIpc) is 2.09. The quantitative estimate of drug-likeness (QED) is 0.585. The van der Waals surface area contributed by atoms with Crippen molar-refractivity contribution >= 4 is 5.91 Å². The van der Waals surface area contributed by atoms with Crippen molar-refractivity contribution in [1.29, 1.82) is 0 Å². The fourth-order valence-electron chi connectivity index (χ4n) is 1.16. The van der Waals surface area contributed by atoms with Crippen molar-refractivity contribution in [3.63, 3.8) is 0 Å². The Hall–Kier alpha value is -0.790. The Morgan fingerprint density at radius 1 is 1.80 bits per heavy atom. The molecule has 2 heteroatoms. The zero-order chi connectivity index (χ0) is 7.78. The molecule has 0 aromatic carbocycles. The molecule has 2 nitrogen and oxygen atoms in total. The fourth-order valence-corrected chi connectivity index (χ4v) is 1.16. The van der Waals surface area contributed by atoms with Crippen LogP contribution in [0.2, 0.25) is 0 Å². The van der Waals surface area contributed by atoms with E-state index in [4.69, 9.17) is 0 Å². The molecule has 0 radical (unpaired) electrons. The third-order valence-corrected chi connectivity index (χ3v) is 2.35. The lowest BCUT2D eigenvalue weighted by atomic mass is 9.84. The van der Waals surface area contributed by atoms with Crippen LogP contribution in [-0.2, 0) is 4.79 Å². The molecule has 0 saturated carbocycles. The molecule has 10 heavy (non-hydrogen) atoms. The standard InChI is InChI=1S/C8H13NO/c1-4-8(3)5-7(10)9-6(8)2/h2,4-5H2,1,3H3,(H,9,10). The second-order valence-electron chi connectivity index (χ2n) is 3.12. The van der Waals surface area contributed by atoms with Crippen LogP contribution >= 0.6 is 0 Å². The van der Waals surface area contributed by atoms with Crippen LogP contribution in [0.1, 0.15) is 26.7 Å². The molecule has 1 N–H and O–H groups in total. The molecule has 1 amide bonds. The number of hydrogen-bond acceptors (Lipinski definition) is 1. The van der Waals surface area contributed by atoms with Crippen molar-refractivity contribution in [3.05, 3.63) is 12.3 Å². The van der Waals surface area contributed by atoms with E-state index in [9.17, 15) is 4.79 Å². The van der Waals surface area contributed by atoms with Gasteiger partial charge in [0.15, 0.2) is 0 Å². The highest BCUT2D eigenvalue weighted by Gasteiger charge is 2.35. The van der Waals surface area contributed by atoms with E-state index < -0.39 is 0 Å². The van der Waals surface area contributed by atoms with Gasteiger partial charge in [-0.15, -0.1) is 0 Å². The maximum absolute atomic E-state index is 10.9. The minimum absolute atomic E-state index is 0.0110. The number of rotatable bonds is 1. The lowest BCUT2D eigenvalue weighted by Gasteiger charge is -2.19. The predicted molar refractivity (Wildman–Crippen MR) is 40.3 cm³/mol. The van der Waals surface area contributed by atoms with Crippen LogP contribution in [0.25, 0.3) is 0 Å². The Labute approximate surface area is 61.3 Å². The van der Waals surface area contributed by atoms with Gasteiger partial charge in [-0.25, -0.2) is 0 Å². The van der Waals surface area contributed by atoms with E-state index in [0.29, 0.717) is 6.42 Å². The molecule has 0 spiro atoms. The number of amides is 1. The van der Waals surface area contributed by atoms with Gasteiger partial charge in [-0.3, -0.25) is 4.79 Å². The molecule has 1 unspecified atom stereocenters. The minimum atomic E-state index is 0.0110. The first kappa shape index (κ1) is 7.32. The highest BCUT2D eigenvalue weighted by molar-refractivity contribution is 5.82. The molecule has 56 valence electrons. The molecular formula is C8H13NO. The molecular weight excluding hydrogens is 126 g/mol. The second kappa shape index (κ2) is 2.11. The van der Waals surface area contributed by atoms with E-state index in [1.807, 2.05) is 0 Å². The lowest BCUT2D eigenvalue weighted by Crippen LogP contribution is -2.15. The Balaban J connectivity index is 2.80. The molecule has 1 saturated heterocycles. The van der Waals surface area contributed by atoms with Crippen molar-refractivity contribution in [3.8, 4) is 0 Å². The van der Waals surface area contributed by atoms with Gasteiger partial charge in [0.05, 0.1) is 0 Å². The van der Waals surface area contributed by atoms with Gasteiger partial charge in [0, 0.05) is 17.5 Å². The van der Waals surface area contributed by atoms with Crippen molar-refractivity contribution in [2.24, 2.45) is 5.41 Å². The average molecular weight is 139 g/mol. The van der Waals surface area contributed by atoms with E-state index in [2.05, 4.69) is 25.7 Å². The zero-order valence-corrected chi connectivity index (χ0v) is 6.53. The first-order valence-corrected chi connectivity index (χ1v) is 3.58. The van der Waals surface area contributed by atoms with E-state index in [-0.39, 0.29) is 11.3 Å². The zero-order valence-electron chi connectivity index (χ0n) is 6.53. The molecule has 0 bridgehead atoms. The molecule has 1 aliphatic rings. The summed E-state index contributed by atoms with van der Waals surface area (Å²) in [6, 6.07) is 0. The molecule has 0 aromatic heterocycles. The summed E-state index contributed by atoms with van der Waals surface area (Å²) in [5.41, 5.74) is 0.886. The maximum atomic E-state index is 10.9. The number of carbonyl (C=O) groups excluding carboxylic acids is 1. The summed E-state index contributed by atoms with van der Waals surface area (Å²) >= 11 is 0. The Morgan fingerprint density at radius 3 is 2.60 bits per heavy atom. The summed E-state index contributed by atoms with van der Waals surface area (Å²) in [7, 11) is 0. The van der Waals surface area contributed by atoms with Crippen molar-refractivity contribution in [1.82, 2.24) is 5.32 Å². The molecule has 1 aliphatic heterocycles. The van der Waals surface area contributed by atoms with Gasteiger partial charge < -0.3 is 5.32 Å². The van der Waals surface area contributed by atoms with E-state index in [1.165, 1.54) is 0 Å². The summed E-state index contributed by atoms with van der Waals surface area (Å²) in [6.07, 6.45) is 1.58. The molecule has 1 fully saturated rings. The van der Waals surface area contributed by atoms with Crippen LogP contribution in [0.3, 0.4) is 0 Å². The first-order chi connectivity index (χ1) is 4.58. The lowest BCUT2D eigenvalue weighted by molar-refractivity contribution is -0.119. The van der Waals surface area contributed by atoms with Gasteiger partial charge in [0.1, 0.15) is 0 Å². The molecule has 1 rings (SSSR count). The second-order valence-corrected chi connectivity index (χ2v) is 3.12. The van der Waals surface area contributed by atoms with Gasteiger partial charge in [-0.1, -0.05) is 20.4 Å². The first-order valence-electron chi connectivity index (χ1n) is 3.58. The van der Waals surface area contributed by atoms with Gasteiger partial charge in [0.25, 0.3) is 0 Å². The summed E-state index contributed by atoms with van der Waals surface area (Å²) in [5.74, 6) is 0.106. The van der Waals surface area contributed by atoms with Gasteiger partial charge in [-0.05, 0) is 6.42 Å². The Morgan fingerprint density at radius 2 is 2.40 bits per heavy atom. The van der Waals surface area contributed by atoms with Crippen LogP contribution in [0.5, 0.6) is 0 Å². The maximum Gasteiger partial charge on any atom is 0.225 e. The minimum Gasteiger partial charge on any atom is -0.330 e. The van der Waals surface area contributed by atoms with E-state index in [0.717, 1.165) is 12.1 Å². The van der Waals surface area contributed by atoms with Crippen LogP contribution in [-0.4, -0.2) is 5.91 Å². The Kier molecular flexibility index (Phi) is 1.55. The third-order valence-electron chi connectivity index (χ3n) is 2.35. The molecule has 1 atom stereocenters. The molecule has 0 aliphatic carbocycles. The normalized spacial score (nSPS) is 32.6.